The lowest BCUT2D eigenvalue weighted by molar-refractivity contribution is -0.117. The van der Waals surface area contributed by atoms with E-state index in [0.29, 0.717) is 12.3 Å². The number of hydrogen-bond acceptors (Lipinski definition) is 6. The first-order chi connectivity index (χ1) is 10.8. The third-order valence-corrected chi connectivity index (χ3v) is 5.08. The number of ether oxygens (including phenoxy) is 1. The fourth-order valence-electron chi connectivity index (χ4n) is 3.46. The SMILES string of the molecule is COc1cc(N2CC[C@@H]3[C@@H]2CC(=O)N3c2ccsc2)ncn1. The third-order valence-electron chi connectivity index (χ3n) is 4.41. The molecule has 2 aliphatic rings. The van der Waals surface area contributed by atoms with Crippen molar-refractivity contribution in [2.45, 2.75) is 24.9 Å². The van der Waals surface area contributed by atoms with Gasteiger partial charge in [0.1, 0.15) is 12.1 Å². The minimum Gasteiger partial charge on any atom is -0.481 e. The second kappa shape index (κ2) is 5.24. The monoisotopic (exact) mass is 316 g/mol. The van der Waals surface area contributed by atoms with Crippen molar-refractivity contribution in [2.75, 3.05) is 23.5 Å². The highest BCUT2D eigenvalue weighted by Gasteiger charge is 2.47. The van der Waals surface area contributed by atoms with Crippen molar-refractivity contribution < 1.29 is 9.53 Å². The van der Waals surface area contributed by atoms with Gasteiger partial charge in [-0.1, -0.05) is 0 Å². The summed E-state index contributed by atoms with van der Waals surface area (Å²) in [5, 5.41) is 4.05. The molecular weight excluding hydrogens is 300 g/mol. The van der Waals surface area contributed by atoms with E-state index in [0.717, 1.165) is 24.5 Å². The van der Waals surface area contributed by atoms with Gasteiger partial charge in [-0.2, -0.15) is 11.3 Å². The molecule has 2 atom stereocenters. The van der Waals surface area contributed by atoms with Crippen molar-refractivity contribution >= 4 is 28.7 Å². The second-order valence-corrected chi connectivity index (χ2v) is 6.26. The molecule has 4 rings (SSSR count). The molecule has 1 amide bonds. The summed E-state index contributed by atoms with van der Waals surface area (Å²) in [6.07, 6.45) is 3.00. The van der Waals surface area contributed by atoms with Crippen molar-refractivity contribution in [1.29, 1.82) is 0 Å². The van der Waals surface area contributed by atoms with Crippen LogP contribution in [0.4, 0.5) is 11.5 Å². The molecule has 0 N–H and O–H groups in total. The molecule has 4 heterocycles. The highest BCUT2D eigenvalue weighted by molar-refractivity contribution is 7.08. The number of carbonyl (C=O) groups excluding carboxylic acids is 1. The zero-order chi connectivity index (χ0) is 15.1. The summed E-state index contributed by atoms with van der Waals surface area (Å²) in [4.78, 5) is 25.0. The number of anilines is 2. The number of amides is 1. The molecule has 2 fully saturated rings. The number of methoxy groups -OCH3 is 1. The third kappa shape index (κ3) is 2.04. The quantitative estimate of drug-likeness (QED) is 0.866. The number of thiophene rings is 1. The van der Waals surface area contributed by atoms with Crippen molar-refractivity contribution in [1.82, 2.24) is 9.97 Å². The standard InChI is InChI=1S/C15H16N4O2S/c1-21-14-7-13(16-9-17-14)18-4-2-11-12(18)6-15(20)19(11)10-3-5-22-8-10/h3,5,7-9,11-12H,2,4,6H2,1H3/t11-,12+/m1/s1. The molecule has 0 unspecified atom stereocenters. The van der Waals surface area contributed by atoms with Gasteiger partial charge in [0.25, 0.3) is 0 Å². The number of fused-ring (bicyclic) bond motifs is 1. The summed E-state index contributed by atoms with van der Waals surface area (Å²) in [5.41, 5.74) is 1.02. The topological polar surface area (TPSA) is 58.6 Å². The average molecular weight is 316 g/mol. The molecule has 2 aliphatic heterocycles. The van der Waals surface area contributed by atoms with Gasteiger partial charge >= 0.3 is 0 Å². The average Bonchev–Trinajstić information content (AvgIpc) is 3.23. The number of carbonyl (C=O) groups is 1. The van der Waals surface area contributed by atoms with Crippen LogP contribution in [0.5, 0.6) is 5.88 Å². The summed E-state index contributed by atoms with van der Waals surface area (Å²) in [6.45, 7) is 0.892. The summed E-state index contributed by atoms with van der Waals surface area (Å²) in [6, 6.07) is 4.25. The van der Waals surface area contributed by atoms with Crippen LogP contribution in [0.3, 0.4) is 0 Å². The molecule has 0 radical (unpaired) electrons. The summed E-state index contributed by atoms with van der Waals surface area (Å²) in [7, 11) is 1.59. The number of aromatic nitrogens is 2. The molecule has 2 aromatic rings. The highest BCUT2D eigenvalue weighted by Crippen LogP contribution is 2.38. The predicted molar refractivity (Wildman–Crippen MR) is 84.5 cm³/mol. The van der Waals surface area contributed by atoms with Crippen LogP contribution in [-0.2, 0) is 4.79 Å². The first-order valence-corrected chi connectivity index (χ1v) is 8.19. The Balaban J connectivity index is 1.63. The summed E-state index contributed by atoms with van der Waals surface area (Å²) in [5.74, 6) is 1.57. The Kier molecular flexibility index (Phi) is 3.22. The first kappa shape index (κ1) is 13.5. The van der Waals surface area contributed by atoms with E-state index in [-0.39, 0.29) is 18.0 Å². The lowest BCUT2D eigenvalue weighted by atomic mass is 10.1. The summed E-state index contributed by atoms with van der Waals surface area (Å²) < 4.78 is 5.17. The van der Waals surface area contributed by atoms with Gasteiger partial charge in [0.05, 0.1) is 24.9 Å². The Morgan fingerprint density at radius 1 is 1.36 bits per heavy atom. The zero-order valence-electron chi connectivity index (χ0n) is 12.2. The van der Waals surface area contributed by atoms with Gasteiger partial charge in [-0.25, -0.2) is 9.97 Å². The van der Waals surface area contributed by atoms with Crippen LogP contribution >= 0.6 is 11.3 Å². The van der Waals surface area contributed by atoms with Gasteiger partial charge in [-0.3, -0.25) is 4.79 Å². The number of hydrogen-bond donors (Lipinski definition) is 0. The van der Waals surface area contributed by atoms with Crippen molar-refractivity contribution in [2.24, 2.45) is 0 Å². The van der Waals surface area contributed by atoms with Crippen molar-refractivity contribution in [3.8, 4) is 5.88 Å². The molecule has 114 valence electrons. The van der Waals surface area contributed by atoms with Crippen LogP contribution in [-0.4, -0.2) is 41.6 Å². The minimum absolute atomic E-state index is 0.173. The van der Waals surface area contributed by atoms with Gasteiger partial charge in [0.2, 0.25) is 11.8 Å². The normalized spacial score (nSPS) is 24.0. The molecule has 0 aromatic carbocycles. The van der Waals surface area contributed by atoms with Crippen LogP contribution in [0.1, 0.15) is 12.8 Å². The van der Waals surface area contributed by atoms with Crippen LogP contribution < -0.4 is 14.5 Å². The maximum absolute atomic E-state index is 12.4. The van der Waals surface area contributed by atoms with Gasteiger partial charge in [-0.15, -0.1) is 0 Å². The highest BCUT2D eigenvalue weighted by atomic mass is 32.1. The minimum atomic E-state index is 0.173. The van der Waals surface area contributed by atoms with Crippen molar-refractivity contribution in [3.05, 3.63) is 29.2 Å². The molecular formula is C15H16N4O2S. The maximum atomic E-state index is 12.4. The van der Waals surface area contributed by atoms with Crippen LogP contribution in [0.2, 0.25) is 0 Å². The first-order valence-electron chi connectivity index (χ1n) is 7.25. The molecule has 0 aliphatic carbocycles. The van der Waals surface area contributed by atoms with E-state index < -0.39 is 0 Å². The molecule has 22 heavy (non-hydrogen) atoms. The Hall–Kier alpha value is -2.15. The van der Waals surface area contributed by atoms with Crippen molar-refractivity contribution in [3.63, 3.8) is 0 Å². The van der Waals surface area contributed by atoms with E-state index in [9.17, 15) is 4.79 Å². The van der Waals surface area contributed by atoms with Crippen LogP contribution in [0.15, 0.2) is 29.2 Å². The van der Waals surface area contributed by atoms with E-state index in [2.05, 4.69) is 14.9 Å². The Bertz CT molecular complexity index is 691. The van der Waals surface area contributed by atoms with Gasteiger partial charge in [-0.05, 0) is 17.9 Å². The van der Waals surface area contributed by atoms with E-state index in [4.69, 9.17) is 4.74 Å². The molecule has 0 saturated carbocycles. The van der Waals surface area contributed by atoms with Gasteiger partial charge in [0.15, 0.2) is 0 Å². The van der Waals surface area contributed by atoms with E-state index in [1.54, 1.807) is 18.4 Å². The maximum Gasteiger partial charge on any atom is 0.229 e. The number of nitrogens with zero attached hydrogens (tertiary/aromatic N) is 4. The number of rotatable bonds is 3. The van der Waals surface area contributed by atoms with Crippen LogP contribution in [0.25, 0.3) is 0 Å². The van der Waals surface area contributed by atoms with Crippen LogP contribution in [0, 0.1) is 0 Å². The van der Waals surface area contributed by atoms with E-state index >= 15 is 0 Å². The lowest BCUT2D eigenvalue weighted by Gasteiger charge is -2.25. The van der Waals surface area contributed by atoms with E-state index in [1.807, 2.05) is 27.8 Å². The molecule has 6 nitrogen and oxygen atoms in total. The summed E-state index contributed by atoms with van der Waals surface area (Å²) >= 11 is 1.62. The Labute approximate surface area is 132 Å². The Morgan fingerprint density at radius 3 is 3.05 bits per heavy atom. The fourth-order valence-corrected chi connectivity index (χ4v) is 4.09. The largest absolute Gasteiger partial charge is 0.481 e. The lowest BCUT2D eigenvalue weighted by Crippen LogP contribution is -2.37. The van der Waals surface area contributed by atoms with Gasteiger partial charge in [0, 0.05) is 24.4 Å². The zero-order valence-corrected chi connectivity index (χ0v) is 13.0. The second-order valence-electron chi connectivity index (χ2n) is 5.48. The predicted octanol–water partition coefficient (Wildman–Crippen LogP) is 1.93. The molecule has 7 heteroatoms. The van der Waals surface area contributed by atoms with E-state index in [1.165, 1.54) is 6.33 Å². The fraction of sp³-hybridized carbons (Fsp3) is 0.400. The molecule has 2 aromatic heterocycles. The molecule has 0 bridgehead atoms. The molecule has 2 saturated heterocycles. The Morgan fingerprint density at radius 2 is 2.27 bits per heavy atom. The molecule has 0 spiro atoms. The smallest absolute Gasteiger partial charge is 0.229 e. The van der Waals surface area contributed by atoms with Gasteiger partial charge < -0.3 is 14.5 Å².